The number of esters is 1. The van der Waals surface area contributed by atoms with Crippen LogP contribution in [0.3, 0.4) is 0 Å². The lowest BCUT2D eigenvalue weighted by atomic mass is 9.99. The zero-order valence-electron chi connectivity index (χ0n) is 20.4. The summed E-state index contributed by atoms with van der Waals surface area (Å²) in [5.41, 5.74) is 2.64. The number of hydroxylamine groups is 2. The van der Waals surface area contributed by atoms with Crippen molar-refractivity contribution in [2.75, 3.05) is 20.7 Å². The average Bonchev–Trinajstić information content (AvgIpc) is 3.21. The lowest BCUT2D eigenvalue weighted by Crippen LogP contribution is -2.49. The Morgan fingerprint density at radius 2 is 2.00 bits per heavy atom. The number of nitrogens with two attached hydrogens (primary N) is 1. The topological polar surface area (TPSA) is 152 Å². The lowest BCUT2D eigenvalue weighted by Gasteiger charge is -2.18. The van der Waals surface area contributed by atoms with E-state index in [1.54, 1.807) is 37.4 Å². The standard InChI is InChI=1S/C24H31N5O6S/c1-16-5-4-6-20(11-16)36(32,33)28-21(24(31)34-3)15-26-23(30)13-19-12-22(29(2)35-19)18-9-7-17(8-10-18)14-27-25/h4-11,14,19,21-22,28H,12-13,15,25H2,1-3H3,(H,26,30)/b27-14+/t19?,21-,22?/m0/s1. The summed E-state index contributed by atoms with van der Waals surface area (Å²) in [5, 5.41) is 7.82. The van der Waals surface area contributed by atoms with E-state index in [0.29, 0.717) is 6.42 Å². The molecule has 1 amide bonds. The molecule has 11 nitrogen and oxygen atoms in total. The van der Waals surface area contributed by atoms with Gasteiger partial charge in [-0.3, -0.25) is 14.4 Å². The lowest BCUT2D eigenvalue weighted by molar-refractivity contribution is -0.152. The molecule has 0 radical (unpaired) electrons. The minimum atomic E-state index is -4.01. The fraction of sp³-hybridized carbons (Fsp3) is 0.375. The van der Waals surface area contributed by atoms with Gasteiger partial charge in [-0.05, 0) is 42.2 Å². The third-order valence-electron chi connectivity index (χ3n) is 5.78. The Morgan fingerprint density at radius 3 is 2.64 bits per heavy atom. The van der Waals surface area contributed by atoms with Gasteiger partial charge in [0.15, 0.2) is 0 Å². The highest BCUT2D eigenvalue weighted by Gasteiger charge is 2.34. The Labute approximate surface area is 210 Å². The zero-order chi connectivity index (χ0) is 26.3. The van der Waals surface area contributed by atoms with Gasteiger partial charge in [-0.15, -0.1) is 0 Å². The molecule has 2 aromatic carbocycles. The number of benzene rings is 2. The predicted molar refractivity (Wildman–Crippen MR) is 133 cm³/mol. The first-order valence-electron chi connectivity index (χ1n) is 11.3. The van der Waals surface area contributed by atoms with Crippen LogP contribution in [0.4, 0.5) is 0 Å². The number of hydrogen-bond donors (Lipinski definition) is 3. The number of carbonyl (C=O) groups excluding carboxylic acids is 2. The van der Waals surface area contributed by atoms with Gasteiger partial charge < -0.3 is 15.9 Å². The van der Waals surface area contributed by atoms with Crippen LogP contribution >= 0.6 is 0 Å². The Morgan fingerprint density at radius 1 is 1.28 bits per heavy atom. The molecule has 0 bridgehead atoms. The number of hydrogen-bond acceptors (Lipinski definition) is 9. The molecule has 2 unspecified atom stereocenters. The minimum absolute atomic E-state index is 0.0134. The Hall–Kier alpha value is -3.32. The summed E-state index contributed by atoms with van der Waals surface area (Å²) in [7, 11) is -1.06. The van der Waals surface area contributed by atoms with Crippen LogP contribution in [0.2, 0.25) is 0 Å². The van der Waals surface area contributed by atoms with Crippen molar-refractivity contribution in [3.8, 4) is 0 Å². The van der Waals surface area contributed by atoms with Crippen molar-refractivity contribution in [2.24, 2.45) is 10.9 Å². The van der Waals surface area contributed by atoms with Crippen LogP contribution in [0.1, 0.15) is 35.6 Å². The maximum atomic E-state index is 12.7. The van der Waals surface area contributed by atoms with Gasteiger partial charge >= 0.3 is 5.97 Å². The number of nitrogens with zero attached hydrogens (tertiary/aromatic N) is 2. The van der Waals surface area contributed by atoms with Gasteiger partial charge in [-0.1, -0.05) is 36.4 Å². The van der Waals surface area contributed by atoms with Gasteiger partial charge in [0.1, 0.15) is 6.04 Å². The van der Waals surface area contributed by atoms with E-state index in [-0.39, 0.29) is 35.9 Å². The number of sulfonamides is 1. The minimum Gasteiger partial charge on any atom is -0.468 e. The van der Waals surface area contributed by atoms with E-state index in [1.165, 1.54) is 12.1 Å². The van der Waals surface area contributed by atoms with Crippen molar-refractivity contribution >= 4 is 28.1 Å². The van der Waals surface area contributed by atoms with Crippen LogP contribution in [-0.2, 0) is 29.2 Å². The van der Waals surface area contributed by atoms with E-state index in [1.807, 2.05) is 24.3 Å². The highest BCUT2D eigenvalue weighted by atomic mass is 32.2. The molecule has 12 heteroatoms. The number of rotatable bonds is 10. The molecule has 1 heterocycles. The highest BCUT2D eigenvalue weighted by molar-refractivity contribution is 7.89. The van der Waals surface area contributed by atoms with E-state index < -0.39 is 22.0 Å². The molecule has 1 fully saturated rings. The summed E-state index contributed by atoms with van der Waals surface area (Å²) < 4.78 is 32.5. The molecule has 1 saturated heterocycles. The van der Waals surface area contributed by atoms with Crippen molar-refractivity contribution < 1.29 is 27.6 Å². The molecule has 0 saturated carbocycles. The molecule has 4 N–H and O–H groups in total. The van der Waals surface area contributed by atoms with Crippen LogP contribution in [0, 0.1) is 6.92 Å². The summed E-state index contributed by atoms with van der Waals surface area (Å²) in [6.45, 7) is 1.49. The van der Waals surface area contributed by atoms with Crippen LogP contribution in [-0.4, -0.2) is 64.4 Å². The normalized spacial score (nSPS) is 19.3. The predicted octanol–water partition coefficient (Wildman–Crippen LogP) is 0.991. The third-order valence-corrected chi connectivity index (χ3v) is 7.25. The second-order valence-electron chi connectivity index (χ2n) is 8.49. The van der Waals surface area contributed by atoms with Crippen LogP contribution in [0.25, 0.3) is 0 Å². The van der Waals surface area contributed by atoms with Crippen LogP contribution in [0.15, 0.2) is 58.5 Å². The molecule has 0 spiro atoms. The number of aryl methyl sites for hydroxylation is 1. The second kappa shape index (κ2) is 12.1. The molecule has 2 aromatic rings. The molecule has 1 aliphatic rings. The van der Waals surface area contributed by atoms with Crippen LogP contribution < -0.4 is 15.9 Å². The maximum absolute atomic E-state index is 12.7. The highest BCUT2D eigenvalue weighted by Crippen LogP contribution is 2.34. The number of hydrazone groups is 1. The SMILES string of the molecule is COC(=O)[C@H](CNC(=O)CC1CC(c2ccc(/C=N/N)cc2)N(C)O1)NS(=O)(=O)c1cccc(C)c1. The number of carbonyl (C=O) groups is 2. The largest absolute Gasteiger partial charge is 0.468 e. The zero-order valence-corrected chi connectivity index (χ0v) is 21.2. The fourth-order valence-corrected chi connectivity index (χ4v) is 5.24. The summed E-state index contributed by atoms with van der Waals surface area (Å²) in [5.74, 6) is 3.99. The number of nitrogens with one attached hydrogen (secondary N) is 2. The van der Waals surface area contributed by atoms with Gasteiger partial charge in [0.2, 0.25) is 15.9 Å². The quantitative estimate of drug-likeness (QED) is 0.183. The van der Waals surface area contributed by atoms with Crippen molar-refractivity contribution in [3.05, 3.63) is 65.2 Å². The number of ether oxygens (including phenoxy) is 1. The number of amides is 1. The summed E-state index contributed by atoms with van der Waals surface area (Å²) >= 11 is 0. The van der Waals surface area contributed by atoms with Gasteiger partial charge in [-0.25, -0.2) is 8.42 Å². The van der Waals surface area contributed by atoms with Crippen molar-refractivity contribution in [3.63, 3.8) is 0 Å². The van der Waals surface area contributed by atoms with Crippen molar-refractivity contribution in [1.29, 1.82) is 0 Å². The summed E-state index contributed by atoms with van der Waals surface area (Å²) in [6.07, 6.45) is 1.78. The smallest absolute Gasteiger partial charge is 0.325 e. The summed E-state index contributed by atoms with van der Waals surface area (Å²) in [4.78, 5) is 30.6. The van der Waals surface area contributed by atoms with E-state index in [9.17, 15) is 18.0 Å². The number of methoxy groups -OCH3 is 1. The molecule has 0 aliphatic carbocycles. The molecule has 3 atom stereocenters. The van der Waals surface area contributed by atoms with Crippen LogP contribution in [0.5, 0.6) is 0 Å². The van der Waals surface area contributed by atoms with Gasteiger partial charge in [-0.2, -0.15) is 14.9 Å². The van der Waals surface area contributed by atoms with E-state index in [2.05, 4.69) is 15.1 Å². The first kappa shape index (κ1) is 27.3. The van der Waals surface area contributed by atoms with E-state index in [4.69, 9.17) is 15.4 Å². The maximum Gasteiger partial charge on any atom is 0.325 e. The van der Waals surface area contributed by atoms with Crippen molar-refractivity contribution in [2.45, 2.75) is 42.8 Å². The third kappa shape index (κ3) is 7.10. The Balaban J connectivity index is 1.57. The van der Waals surface area contributed by atoms with Gasteiger partial charge in [0.05, 0.1) is 36.8 Å². The van der Waals surface area contributed by atoms with Crippen molar-refractivity contribution in [1.82, 2.24) is 15.1 Å². The Bertz CT molecular complexity index is 1200. The monoisotopic (exact) mass is 517 g/mol. The van der Waals surface area contributed by atoms with E-state index >= 15 is 0 Å². The fourth-order valence-electron chi connectivity index (χ4n) is 3.95. The molecule has 194 valence electrons. The second-order valence-corrected chi connectivity index (χ2v) is 10.2. The molecule has 1 aliphatic heterocycles. The van der Waals surface area contributed by atoms with E-state index in [0.717, 1.165) is 23.8 Å². The molecular weight excluding hydrogens is 486 g/mol. The average molecular weight is 518 g/mol. The Kier molecular flexibility index (Phi) is 9.15. The first-order chi connectivity index (χ1) is 17.1. The van der Waals surface area contributed by atoms with Gasteiger partial charge in [0.25, 0.3) is 0 Å². The first-order valence-corrected chi connectivity index (χ1v) is 12.8. The molecular formula is C24H31N5O6S. The summed E-state index contributed by atoms with van der Waals surface area (Å²) in [6, 6.07) is 12.6. The molecule has 36 heavy (non-hydrogen) atoms. The molecule has 0 aromatic heterocycles. The van der Waals surface area contributed by atoms with Gasteiger partial charge in [0, 0.05) is 13.6 Å². The molecule has 3 rings (SSSR count).